The quantitative estimate of drug-likeness (QED) is 0.667. The van der Waals surface area contributed by atoms with Gasteiger partial charge in [-0.1, -0.05) is 60.7 Å². The molecule has 3 rings (SSSR count). The van der Waals surface area contributed by atoms with Crippen molar-refractivity contribution in [3.63, 3.8) is 0 Å². The van der Waals surface area contributed by atoms with Crippen LogP contribution in [0.5, 0.6) is 0 Å². The Morgan fingerprint density at radius 3 is 2.12 bits per heavy atom. The maximum absolute atomic E-state index is 12.9. The van der Waals surface area contributed by atoms with Gasteiger partial charge in [0.1, 0.15) is 6.61 Å². The van der Waals surface area contributed by atoms with E-state index in [1.165, 1.54) is 10.0 Å². The van der Waals surface area contributed by atoms with Crippen LogP contribution in [0.1, 0.15) is 31.4 Å². The standard InChI is InChI=1S/C24H29N3O5/c1-18(2)25-23(29)26-14-9-15-27(26)24(30)32-21(16-19-10-5-3-6-11-19)22(28)31-17-20-12-7-4-8-13-20/h3-8,10-13,18,21H,9,14-17H2,1-2H3,(H,25,29). The Morgan fingerprint density at radius 2 is 1.50 bits per heavy atom. The van der Waals surface area contributed by atoms with Crippen LogP contribution in [0.15, 0.2) is 60.7 Å². The number of urea groups is 1. The van der Waals surface area contributed by atoms with E-state index >= 15 is 0 Å². The van der Waals surface area contributed by atoms with Crippen LogP contribution in [0, 0.1) is 0 Å². The average Bonchev–Trinajstić information content (AvgIpc) is 3.28. The lowest BCUT2D eigenvalue weighted by Gasteiger charge is -2.29. The van der Waals surface area contributed by atoms with Crippen molar-refractivity contribution in [2.24, 2.45) is 0 Å². The molecule has 0 aliphatic carbocycles. The monoisotopic (exact) mass is 439 g/mol. The normalized spacial score (nSPS) is 14.2. The van der Waals surface area contributed by atoms with Crippen LogP contribution in [-0.2, 0) is 27.3 Å². The molecule has 32 heavy (non-hydrogen) atoms. The highest BCUT2D eigenvalue weighted by Gasteiger charge is 2.35. The fraction of sp³-hybridized carbons (Fsp3) is 0.375. The van der Waals surface area contributed by atoms with E-state index in [2.05, 4.69) is 5.32 Å². The Balaban J connectivity index is 1.68. The lowest BCUT2D eigenvalue weighted by atomic mass is 10.1. The second-order valence-electron chi connectivity index (χ2n) is 7.86. The molecule has 1 heterocycles. The Kier molecular flexibility index (Phi) is 8.08. The highest BCUT2D eigenvalue weighted by atomic mass is 16.6. The first-order valence-electron chi connectivity index (χ1n) is 10.7. The molecule has 1 atom stereocenters. The summed E-state index contributed by atoms with van der Waals surface area (Å²) in [7, 11) is 0. The first-order chi connectivity index (χ1) is 15.4. The highest BCUT2D eigenvalue weighted by molar-refractivity contribution is 5.81. The molecule has 3 amide bonds. The van der Waals surface area contributed by atoms with E-state index in [-0.39, 0.29) is 25.1 Å². The Labute approximate surface area is 188 Å². The van der Waals surface area contributed by atoms with E-state index in [4.69, 9.17) is 9.47 Å². The van der Waals surface area contributed by atoms with Gasteiger partial charge in [0.15, 0.2) is 0 Å². The number of hydrogen-bond donors (Lipinski definition) is 1. The van der Waals surface area contributed by atoms with E-state index in [0.29, 0.717) is 19.5 Å². The van der Waals surface area contributed by atoms with Crippen molar-refractivity contribution < 1.29 is 23.9 Å². The second-order valence-corrected chi connectivity index (χ2v) is 7.86. The molecular formula is C24H29N3O5. The number of ether oxygens (including phenoxy) is 2. The molecule has 1 aliphatic rings. The second kappa shape index (κ2) is 11.2. The first-order valence-corrected chi connectivity index (χ1v) is 10.7. The summed E-state index contributed by atoms with van der Waals surface area (Å²) < 4.78 is 11.0. The van der Waals surface area contributed by atoms with Gasteiger partial charge in [-0.2, -0.15) is 0 Å². The molecule has 8 nitrogen and oxygen atoms in total. The summed E-state index contributed by atoms with van der Waals surface area (Å²) >= 11 is 0. The van der Waals surface area contributed by atoms with E-state index in [9.17, 15) is 14.4 Å². The molecule has 1 saturated heterocycles. The third-order valence-electron chi connectivity index (χ3n) is 4.88. The zero-order chi connectivity index (χ0) is 22.9. The molecule has 2 aromatic rings. The third-order valence-corrected chi connectivity index (χ3v) is 4.88. The molecule has 1 unspecified atom stereocenters. The van der Waals surface area contributed by atoms with Gasteiger partial charge in [-0.05, 0) is 31.4 Å². The van der Waals surface area contributed by atoms with Crippen molar-refractivity contribution >= 4 is 18.1 Å². The number of amides is 3. The van der Waals surface area contributed by atoms with E-state index in [1.807, 2.05) is 74.5 Å². The van der Waals surface area contributed by atoms with Crippen molar-refractivity contribution in [3.8, 4) is 0 Å². The molecule has 0 saturated carbocycles. The number of hydrazine groups is 1. The van der Waals surface area contributed by atoms with E-state index in [0.717, 1.165) is 11.1 Å². The maximum Gasteiger partial charge on any atom is 0.429 e. The highest BCUT2D eigenvalue weighted by Crippen LogP contribution is 2.16. The third kappa shape index (κ3) is 6.47. The van der Waals surface area contributed by atoms with Crippen molar-refractivity contribution in [2.75, 3.05) is 13.1 Å². The van der Waals surface area contributed by atoms with Crippen LogP contribution >= 0.6 is 0 Å². The van der Waals surface area contributed by atoms with Gasteiger partial charge in [0.25, 0.3) is 0 Å². The number of nitrogens with zero attached hydrogens (tertiary/aromatic N) is 2. The molecule has 1 N–H and O–H groups in total. The van der Waals surface area contributed by atoms with Gasteiger partial charge in [-0.3, -0.25) is 0 Å². The van der Waals surface area contributed by atoms with Crippen LogP contribution in [0.3, 0.4) is 0 Å². The molecule has 0 radical (unpaired) electrons. The minimum atomic E-state index is -1.13. The smallest absolute Gasteiger partial charge is 0.429 e. The van der Waals surface area contributed by atoms with Crippen LogP contribution in [0.25, 0.3) is 0 Å². The largest absolute Gasteiger partial charge is 0.458 e. The Bertz CT molecular complexity index is 904. The fourth-order valence-electron chi connectivity index (χ4n) is 3.34. The number of hydrogen-bond acceptors (Lipinski definition) is 5. The minimum absolute atomic E-state index is 0.0697. The van der Waals surface area contributed by atoms with E-state index < -0.39 is 18.2 Å². The number of carbonyl (C=O) groups excluding carboxylic acids is 3. The molecule has 0 bridgehead atoms. The molecule has 8 heteroatoms. The van der Waals surface area contributed by atoms with Crippen LogP contribution in [-0.4, -0.2) is 53.3 Å². The molecule has 2 aromatic carbocycles. The maximum atomic E-state index is 12.9. The van der Waals surface area contributed by atoms with Gasteiger partial charge in [-0.15, -0.1) is 0 Å². The molecule has 0 spiro atoms. The molecule has 0 aromatic heterocycles. The van der Waals surface area contributed by atoms with Crippen molar-refractivity contribution in [1.82, 2.24) is 15.3 Å². The zero-order valence-electron chi connectivity index (χ0n) is 18.4. The van der Waals surface area contributed by atoms with Gasteiger partial charge in [0.05, 0.1) is 0 Å². The SMILES string of the molecule is CC(C)NC(=O)N1CCCN1C(=O)OC(Cc1ccccc1)C(=O)OCc1ccccc1. The van der Waals surface area contributed by atoms with Gasteiger partial charge in [-0.25, -0.2) is 24.4 Å². The van der Waals surface area contributed by atoms with Gasteiger partial charge in [0.2, 0.25) is 6.10 Å². The molecule has 170 valence electrons. The summed E-state index contributed by atoms with van der Waals surface area (Å²) in [5.74, 6) is -0.636. The van der Waals surface area contributed by atoms with Crippen LogP contribution in [0.2, 0.25) is 0 Å². The van der Waals surface area contributed by atoms with E-state index in [1.54, 1.807) is 0 Å². The fourth-order valence-corrected chi connectivity index (χ4v) is 3.34. The lowest BCUT2D eigenvalue weighted by molar-refractivity contribution is -0.156. The topological polar surface area (TPSA) is 88.2 Å². The van der Waals surface area contributed by atoms with Crippen molar-refractivity contribution in [2.45, 2.75) is 45.4 Å². The first kappa shape index (κ1) is 23.1. The van der Waals surface area contributed by atoms with Gasteiger partial charge < -0.3 is 14.8 Å². The predicted octanol–water partition coefficient (Wildman–Crippen LogP) is 3.52. The minimum Gasteiger partial charge on any atom is -0.458 e. The lowest BCUT2D eigenvalue weighted by Crippen LogP contribution is -2.51. The number of carbonyl (C=O) groups is 3. The van der Waals surface area contributed by atoms with Crippen molar-refractivity contribution in [1.29, 1.82) is 0 Å². The van der Waals surface area contributed by atoms with Crippen molar-refractivity contribution in [3.05, 3.63) is 71.8 Å². The molecule has 1 fully saturated rings. The number of esters is 1. The van der Waals surface area contributed by atoms with Crippen LogP contribution in [0.4, 0.5) is 9.59 Å². The summed E-state index contributed by atoms with van der Waals surface area (Å²) in [5, 5.41) is 5.32. The summed E-state index contributed by atoms with van der Waals surface area (Å²) in [5.41, 5.74) is 1.67. The summed E-state index contributed by atoms with van der Waals surface area (Å²) in [6.45, 7) is 4.50. The Morgan fingerprint density at radius 1 is 0.906 bits per heavy atom. The van der Waals surface area contributed by atoms with Crippen LogP contribution < -0.4 is 5.32 Å². The summed E-state index contributed by atoms with van der Waals surface area (Å²) in [6, 6.07) is 18.1. The molecular weight excluding hydrogens is 410 g/mol. The zero-order valence-corrected chi connectivity index (χ0v) is 18.4. The van der Waals surface area contributed by atoms with Gasteiger partial charge >= 0.3 is 18.1 Å². The molecule has 1 aliphatic heterocycles. The summed E-state index contributed by atoms with van der Waals surface area (Å²) in [4.78, 5) is 38.1. The average molecular weight is 440 g/mol. The van der Waals surface area contributed by atoms with Gasteiger partial charge in [0, 0.05) is 25.6 Å². The summed E-state index contributed by atoms with van der Waals surface area (Å²) in [6.07, 6.45) is -1.09. The predicted molar refractivity (Wildman–Crippen MR) is 118 cm³/mol. The number of nitrogens with one attached hydrogen (secondary N) is 1. The Hall–Kier alpha value is -3.55. The number of benzene rings is 2. The number of rotatable bonds is 7.